The minimum atomic E-state index is 0.289. The molecule has 102 valence electrons. The third kappa shape index (κ3) is 1.73. The number of ether oxygens (including phenoxy) is 1. The largest absolute Gasteiger partial charge is 0.497 e. The van der Waals surface area contributed by atoms with Crippen molar-refractivity contribution in [3.8, 4) is 5.75 Å². The summed E-state index contributed by atoms with van der Waals surface area (Å²) in [6.07, 6.45) is 3.83. The van der Waals surface area contributed by atoms with Gasteiger partial charge in [0.05, 0.1) is 12.8 Å². The lowest BCUT2D eigenvalue weighted by Crippen LogP contribution is -2.32. The van der Waals surface area contributed by atoms with Gasteiger partial charge in [0.2, 0.25) is 0 Å². The van der Waals surface area contributed by atoms with Crippen molar-refractivity contribution in [1.29, 1.82) is 0 Å². The zero-order chi connectivity index (χ0) is 13.7. The van der Waals surface area contributed by atoms with Crippen LogP contribution in [0, 0.1) is 16.7 Å². The molecule has 2 unspecified atom stereocenters. The molecule has 1 aromatic carbocycles. The second-order valence-corrected chi connectivity index (χ2v) is 6.75. The maximum absolute atomic E-state index is 5.19. The first-order valence-electron chi connectivity index (χ1n) is 7.19. The summed E-state index contributed by atoms with van der Waals surface area (Å²) in [6.45, 7) is 7.24. The number of hydrogen-bond acceptors (Lipinski definition) is 2. The molecule has 0 N–H and O–H groups in total. The monoisotopic (exact) mass is 257 g/mol. The highest BCUT2D eigenvalue weighted by molar-refractivity contribution is 5.96. The Morgan fingerprint density at radius 2 is 1.84 bits per heavy atom. The van der Waals surface area contributed by atoms with Gasteiger partial charge in [0.25, 0.3) is 0 Å². The van der Waals surface area contributed by atoms with E-state index in [2.05, 4.69) is 20.8 Å². The smallest absolute Gasteiger partial charge is 0.119 e. The number of methoxy groups -OCH3 is 1. The molecule has 0 heterocycles. The number of hydrogen-bond donors (Lipinski definition) is 0. The molecule has 1 aromatic rings. The van der Waals surface area contributed by atoms with Gasteiger partial charge in [-0.05, 0) is 54.9 Å². The molecule has 2 saturated carbocycles. The highest BCUT2D eigenvalue weighted by Crippen LogP contribution is 2.64. The SMILES string of the molecule is COc1ccc(N=C2CC3CCC2(C)C3(C)C)cc1. The van der Waals surface area contributed by atoms with E-state index < -0.39 is 0 Å². The van der Waals surface area contributed by atoms with E-state index >= 15 is 0 Å². The van der Waals surface area contributed by atoms with Crippen LogP contribution in [0.3, 0.4) is 0 Å². The third-order valence-electron chi connectivity index (χ3n) is 5.85. The Bertz CT molecular complexity index is 515. The van der Waals surface area contributed by atoms with E-state index in [4.69, 9.17) is 9.73 Å². The van der Waals surface area contributed by atoms with Crippen molar-refractivity contribution in [2.45, 2.75) is 40.0 Å². The van der Waals surface area contributed by atoms with Crippen LogP contribution in [0.15, 0.2) is 29.3 Å². The third-order valence-corrected chi connectivity index (χ3v) is 5.85. The molecular weight excluding hydrogens is 234 g/mol. The Labute approximate surface area is 115 Å². The highest BCUT2D eigenvalue weighted by atomic mass is 16.5. The first-order chi connectivity index (χ1) is 8.97. The van der Waals surface area contributed by atoms with Crippen molar-refractivity contribution < 1.29 is 4.74 Å². The summed E-state index contributed by atoms with van der Waals surface area (Å²) < 4.78 is 5.19. The number of benzene rings is 1. The van der Waals surface area contributed by atoms with Crippen molar-refractivity contribution >= 4 is 11.4 Å². The van der Waals surface area contributed by atoms with Gasteiger partial charge >= 0.3 is 0 Å². The summed E-state index contributed by atoms with van der Waals surface area (Å²) in [5, 5.41) is 0. The van der Waals surface area contributed by atoms with E-state index in [0.717, 1.165) is 17.4 Å². The second-order valence-electron chi connectivity index (χ2n) is 6.75. The molecule has 2 aliphatic rings. The van der Waals surface area contributed by atoms with Crippen LogP contribution in [-0.4, -0.2) is 12.8 Å². The van der Waals surface area contributed by atoms with Gasteiger partial charge in [0, 0.05) is 11.1 Å². The van der Waals surface area contributed by atoms with E-state index in [1.54, 1.807) is 7.11 Å². The van der Waals surface area contributed by atoms with Crippen LogP contribution in [0.1, 0.15) is 40.0 Å². The molecule has 0 saturated heterocycles. The molecule has 0 radical (unpaired) electrons. The minimum absolute atomic E-state index is 0.289. The van der Waals surface area contributed by atoms with E-state index in [1.807, 2.05) is 24.3 Å². The Kier molecular flexibility index (Phi) is 2.74. The van der Waals surface area contributed by atoms with Crippen LogP contribution in [0.4, 0.5) is 5.69 Å². The fraction of sp³-hybridized carbons (Fsp3) is 0.588. The molecule has 0 spiro atoms. The second kappa shape index (κ2) is 4.09. The van der Waals surface area contributed by atoms with Crippen LogP contribution < -0.4 is 4.74 Å². The minimum Gasteiger partial charge on any atom is -0.497 e. The quantitative estimate of drug-likeness (QED) is 0.758. The van der Waals surface area contributed by atoms with E-state index in [-0.39, 0.29) is 5.41 Å². The summed E-state index contributed by atoms with van der Waals surface area (Å²) in [4.78, 5) is 4.94. The van der Waals surface area contributed by atoms with Crippen molar-refractivity contribution in [1.82, 2.24) is 0 Å². The van der Waals surface area contributed by atoms with Gasteiger partial charge in [-0.15, -0.1) is 0 Å². The molecule has 19 heavy (non-hydrogen) atoms. The first kappa shape index (κ1) is 12.7. The first-order valence-corrected chi connectivity index (χ1v) is 7.19. The zero-order valence-corrected chi connectivity index (χ0v) is 12.4. The van der Waals surface area contributed by atoms with Crippen LogP contribution in [0.2, 0.25) is 0 Å². The molecule has 2 atom stereocenters. The molecule has 3 rings (SSSR count). The lowest BCUT2D eigenvalue weighted by Gasteiger charge is -2.34. The highest BCUT2D eigenvalue weighted by Gasteiger charge is 2.59. The van der Waals surface area contributed by atoms with Crippen molar-refractivity contribution in [3.05, 3.63) is 24.3 Å². The van der Waals surface area contributed by atoms with Crippen molar-refractivity contribution in [2.75, 3.05) is 7.11 Å². The molecule has 2 nitrogen and oxygen atoms in total. The van der Waals surface area contributed by atoms with Crippen LogP contribution in [0.25, 0.3) is 0 Å². The van der Waals surface area contributed by atoms with Gasteiger partial charge < -0.3 is 4.74 Å². The Hall–Kier alpha value is -1.31. The van der Waals surface area contributed by atoms with Crippen molar-refractivity contribution in [2.24, 2.45) is 21.7 Å². The number of aliphatic imine (C=N–C) groups is 1. The Morgan fingerprint density at radius 1 is 1.16 bits per heavy atom. The lowest BCUT2D eigenvalue weighted by atomic mass is 9.70. The number of rotatable bonds is 2. The standard InChI is InChI=1S/C17H23NO/c1-16(2)12-9-10-17(16,3)15(11-12)18-13-5-7-14(19-4)8-6-13/h5-8,12H,9-11H2,1-4H3. The number of nitrogens with zero attached hydrogens (tertiary/aromatic N) is 1. The summed E-state index contributed by atoms with van der Waals surface area (Å²) in [5.41, 5.74) is 3.15. The lowest BCUT2D eigenvalue weighted by molar-refractivity contribution is 0.194. The van der Waals surface area contributed by atoms with Crippen LogP contribution in [0.5, 0.6) is 5.75 Å². The molecule has 2 aliphatic carbocycles. The maximum Gasteiger partial charge on any atom is 0.119 e. The fourth-order valence-corrected chi connectivity index (χ4v) is 3.91. The van der Waals surface area contributed by atoms with E-state index in [0.29, 0.717) is 5.41 Å². The maximum atomic E-state index is 5.19. The van der Waals surface area contributed by atoms with Gasteiger partial charge in [0.15, 0.2) is 0 Å². The van der Waals surface area contributed by atoms with Gasteiger partial charge in [-0.3, -0.25) is 4.99 Å². The summed E-state index contributed by atoms with van der Waals surface area (Å²) >= 11 is 0. The molecule has 0 amide bonds. The molecular formula is C17H23NO. The predicted molar refractivity (Wildman–Crippen MR) is 79.3 cm³/mol. The fourth-order valence-electron chi connectivity index (χ4n) is 3.91. The predicted octanol–water partition coefficient (Wildman–Crippen LogP) is 4.61. The summed E-state index contributed by atoms with van der Waals surface area (Å²) in [7, 11) is 1.69. The Morgan fingerprint density at radius 3 is 2.32 bits per heavy atom. The van der Waals surface area contributed by atoms with Gasteiger partial charge in [-0.25, -0.2) is 0 Å². The van der Waals surface area contributed by atoms with Crippen LogP contribution in [-0.2, 0) is 0 Å². The van der Waals surface area contributed by atoms with E-state index in [9.17, 15) is 0 Å². The molecule has 2 fully saturated rings. The normalized spacial score (nSPS) is 33.9. The van der Waals surface area contributed by atoms with Gasteiger partial charge in [0.1, 0.15) is 5.75 Å². The molecule has 0 aliphatic heterocycles. The van der Waals surface area contributed by atoms with Crippen LogP contribution >= 0.6 is 0 Å². The molecule has 0 aromatic heterocycles. The van der Waals surface area contributed by atoms with E-state index in [1.165, 1.54) is 25.0 Å². The average Bonchev–Trinajstić information content (AvgIpc) is 2.73. The summed E-state index contributed by atoms with van der Waals surface area (Å²) in [6, 6.07) is 8.07. The number of fused-ring (bicyclic) bond motifs is 2. The van der Waals surface area contributed by atoms with Gasteiger partial charge in [-0.2, -0.15) is 0 Å². The Balaban J connectivity index is 1.93. The summed E-state index contributed by atoms with van der Waals surface area (Å²) in [5.74, 6) is 1.71. The molecule has 2 bridgehead atoms. The average molecular weight is 257 g/mol. The van der Waals surface area contributed by atoms with Gasteiger partial charge in [-0.1, -0.05) is 20.8 Å². The van der Waals surface area contributed by atoms with Crippen molar-refractivity contribution in [3.63, 3.8) is 0 Å². The zero-order valence-electron chi connectivity index (χ0n) is 12.4. The molecule has 2 heteroatoms. The topological polar surface area (TPSA) is 21.6 Å².